The van der Waals surface area contributed by atoms with Gasteiger partial charge in [-0.15, -0.1) is 0 Å². The molecule has 1 amide bonds. The van der Waals surface area contributed by atoms with Crippen molar-refractivity contribution in [1.82, 2.24) is 15.5 Å². The highest BCUT2D eigenvalue weighted by atomic mass is 19.4. The molecule has 0 aliphatic rings. The van der Waals surface area contributed by atoms with E-state index in [1.165, 1.54) is 0 Å². The first-order valence-corrected chi connectivity index (χ1v) is 6.55. The summed E-state index contributed by atoms with van der Waals surface area (Å²) in [5.41, 5.74) is 1.22. The topological polar surface area (TPSA) is 68.0 Å². The number of benzene rings is 1. The van der Waals surface area contributed by atoms with Crippen molar-refractivity contribution in [2.45, 2.75) is 26.6 Å². The minimum atomic E-state index is -4.66. The summed E-state index contributed by atoms with van der Waals surface area (Å²) in [7, 11) is 0. The second kappa shape index (κ2) is 6.17. The normalized spacial score (nSPS) is 11.7. The fourth-order valence-corrected chi connectivity index (χ4v) is 1.62. The summed E-state index contributed by atoms with van der Waals surface area (Å²) in [4.78, 5) is 14.8. The van der Waals surface area contributed by atoms with Gasteiger partial charge in [0.25, 0.3) is 0 Å². The molecule has 0 unspecified atom stereocenters. The van der Waals surface area contributed by atoms with Gasteiger partial charge < -0.3 is 9.84 Å². The molecule has 1 aromatic carbocycles. The molecule has 0 radical (unpaired) electrons. The molecule has 2 rings (SSSR count). The lowest BCUT2D eigenvalue weighted by Crippen LogP contribution is -2.27. The third kappa shape index (κ3) is 3.84. The van der Waals surface area contributed by atoms with Crippen LogP contribution in [0.25, 0.3) is 11.4 Å². The Labute approximate surface area is 124 Å². The fraction of sp³-hybridized carbons (Fsp3) is 0.357. The van der Waals surface area contributed by atoms with Gasteiger partial charge in [-0.3, -0.25) is 4.79 Å². The van der Waals surface area contributed by atoms with E-state index in [1.807, 2.05) is 0 Å². The minimum Gasteiger partial charge on any atom is -0.352 e. The molecule has 22 heavy (non-hydrogen) atoms. The van der Waals surface area contributed by atoms with Gasteiger partial charge in [-0.25, -0.2) is 0 Å². The van der Waals surface area contributed by atoms with Gasteiger partial charge in [-0.05, 0) is 5.56 Å². The Morgan fingerprint density at radius 1 is 1.27 bits per heavy atom. The van der Waals surface area contributed by atoms with Crippen molar-refractivity contribution in [1.29, 1.82) is 0 Å². The van der Waals surface area contributed by atoms with Gasteiger partial charge in [0, 0.05) is 18.0 Å². The van der Waals surface area contributed by atoms with E-state index < -0.39 is 12.1 Å². The molecule has 0 spiro atoms. The first-order chi connectivity index (χ1) is 10.3. The molecule has 0 aliphatic heterocycles. The number of amides is 1. The van der Waals surface area contributed by atoms with Crippen molar-refractivity contribution in [2.75, 3.05) is 0 Å². The van der Waals surface area contributed by atoms with Crippen LogP contribution in [0.2, 0.25) is 0 Å². The summed E-state index contributed by atoms with van der Waals surface area (Å²) < 4.78 is 41.3. The van der Waals surface area contributed by atoms with Crippen LogP contribution in [0.15, 0.2) is 28.8 Å². The number of halogens is 3. The van der Waals surface area contributed by atoms with Crippen molar-refractivity contribution >= 4 is 5.91 Å². The summed E-state index contributed by atoms with van der Waals surface area (Å²) in [6.45, 7) is 3.91. The first-order valence-electron chi connectivity index (χ1n) is 6.55. The maximum atomic E-state index is 12.4. The molecule has 0 saturated carbocycles. The van der Waals surface area contributed by atoms with Gasteiger partial charge in [0.05, 0.1) is 0 Å². The second-order valence-electron chi connectivity index (χ2n) is 4.99. The Hall–Kier alpha value is -2.38. The van der Waals surface area contributed by atoms with E-state index in [0.29, 0.717) is 12.1 Å². The quantitative estimate of drug-likeness (QED) is 0.942. The van der Waals surface area contributed by atoms with E-state index in [1.54, 1.807) is 38.1 Å². The van der Waals surface area contributed by atoms with Crippen molar-refractivity contribution in [3.63, 3.8) is 0 Å². The predicted octanol–water partition coefficient (Wildman–Crippen LogP) is 3.03. The third-order valence-corrected chi connectivity index (χ3v) is 2.87. The number of nitrogens with zero attached hydrogens (tertiary/aromatic N) is 2. The molecule has 2 aromatic rings. The van der Waals surface area contributed by atoms with Crippen LogP contribution in [-0.2, 0) is 17.5 Å². The zero-order valence-corrected chi connectivity index (χ0v) is 11.9. The van der Waals surface area contributed by atoms with E-state index in [4.69, 9.17) is 0 Å². The molecule has 8 heteroatoms. The van der Waals surface area contributed by atoms with Crippen molar-refractivity contribution in [2.24, 2.45) is 5.92 Å². The predicted molar refractivity (Wildman–Crippen MR) is 71.4 cm³/mol. The van der Waals surface area contributed by atoms with E-state index in [9.17, 15) is 18.0 Å². The number of aromatic nitrogens is 2. The first kappa shape index (κ1) is 16.0. The summed E-state index contributed by atoms with van der Waals surface area (Å²) in [5, 5.41) is 6.05. The lowest BCUT2D eigenvalue weighted by Gasteiger charge is -2.07. The lowest BCUT2D eigenvalue weighted by atomic mass is 10.1. The molecule has 1 aromatic heterocycles. The Bertz CT molecular complexity index is 648. The maximum absolute atomic E-state index is 12.4. The molecule has 0 aliphatic carbocycles. The number of rotatable bonds is 4. The largest absolute Gasteiger partial charge is 0.471 e. The van der Waals surface area contributed by atoms with Gasteiger partial charge in [0.15, 0.2) is 0 Å². The molecule has 0 atom stereocenters. The molecular formula is C14H14F3N3O2. The zero-order valence-electron chi connectivity index (χ0n) is 11.9. The Morgan fingerprint density at radius 2 is 1.91 bits per heavy atom. The van der Waals surface area contributed by atoms with Crippen molar-refractivity contribution in [3.05, 3.63) is 35.7 Å². The van der Waals surface area contributed by atoms with E-state index in [-0.39, 0.29) is 17.6 Å². The number of carbonyl (C=O) groups is 1. The van der Waals surface area contributed by atoms with E-state index in [0.717, 1.165) is 5.56 Å². The summed E-state index contributed by atoms with van der Waals surface area (Å²) in [6.07, 6.45) is -4.66. The maximum Gasteiger partial charge on any atom is 0.471 e. The van der Waals surface area contributed by atoms with Gasteiger partial charge in [0.1, 0.15) is 0 Å². The number of carbonyl (C=O) groups excluding carboxylic acids is 1. The monoisotopic (exact) mass is 313 g/mol. The summed E-state index contributed by atoms with van der Waals surface area (Å²) in [6, 6.07) is 6.50. The second-order valence-corrected chi connectivity index (χ2v) is 4.99. The highest BCUT2D eigenvalue weighted by molar-refractivity contribution is 5.77. The lowest BCUT2D eigenvalue weighted by molar-refractivity contribution is -0.159. The van der Waals surface area contributed by atoms with E-state index >= 15 is 0 Å². The summed E-state index contributed by atoms with van der Waals surface area (Å²) in [5.74, 6) is -1.70. The average molecular weight is 313 g/mol. The molecule has 0 fully saturated rings. The molecule has 1 heterocycles. The number of nitrogens with one attached hydrogen (secondary N) is 1. The summed E-state index contributed by atoms with van der Waals surface area (Å²) >= 11 is 0. The minimum absolute atomic E-state index is 0.0722. The highest BCUT2D eigenvalue weighted by Crippen LogP contribution is 2.29. The van der Waals surface area contributed by atoms with Crippen LogP contribution < -0.4 is 5.32 Å². The fourth-order valence-electron chi connectivity index (χ4n) is 1.62. The van der Waals surface area contributed by atoms with Crippen LogP contribution in [-0.4, -0.2) is 16.0 Å². The smallest absolute Gasteiger partial charge is 0.352 e. The molecule has 0 saturated heterocycles. The Morgan fingerprint density at radius 3 is 2.41 bits per heavy atom. The Balaban J connectivity index is 2.06. The Kier molecular flexibility index (Phi) is 4.48. The van der Waals surface area contributed by atoms with Crippen molar-refractivity contribution < 1.29 is 22.5 Å². The van der Waals surface area contributed by atoms with Gasteiger partial charge in [-0.2, -0.15) is 18.2 Å². The molecule has 0 bridgehead atoms. The van der Waals surface area contributed by atoms with Gasteiger partial charge in [-0.1, -0.05) is 43.3 Å². The molecule has 118 valence electrons. The molecule has 5 nitrogen and oxygen atoms in total. The van der Waals surface area contributed by atoms with E-state index in [2.05, 4.69) is 20.0 Å². The van der Waals surface area contributed by atoms with Crippen LogP contribution in [0, 0.1) is 5.92 Å². The highest BCUT2D eigenvalue weighted by Gasteiger charge is 2.38. The van der Waals surface area contributed by atoms with Crippen LogP contribution in [0.5, 0.6) is 0 Å². The van der Waals surface area contributed by atoms with Gasteiger partial charge >= 0.3 is 12.1 Å². The zero-order chi connectivity index (χ0) is 16.3. The number of hydrogen-bond donors (Lipinski definition) is 1. The van der Waals surface area contributed by atoms with Crippen molar-refractivity contribution in [3.8, 4) is 11.4 Å². The van der Waals surface area contributed by atoms with Crippen LogP contribution >= 0.6 is 0 Å². The standard InChI is InChI=1S/C14H14F3N3O2/c1-8(2)12(21)18-7-9-3-5-10(6-4-9)11-19-13(22-20-11)14(15,16)17/h3-6,8H,7H2,1-2H3,(H,18,21). The SMILES string of the molecule is CC(C)C(=O)NCc1ccc(-c2noc(C(F)(F)F)n2)cc1. The molecule has 1 N–H and O–H groups in total. The third-order valence-electron chi connectivity index (χ3n) is 2.87. The van der Waals surface area contributed by atoms with Crippen LogP contribution in [0.4, 0.5) is 13.2 Å². The van der Waals surface area contributed by atoms with Gasteiger partial charge in [0.2, 0.25) is 11.7 Å². The number of hydrogen-bond acceptors (Lipinski definition) is 4. The van der Waals surface area contributed by atoms with Crippen LogP contribution in [0.3, 0.4) is 0 Å². The van der Waals surface area contributed by atoms with Crippen LogP contribution in [0.1, 0.15) is 25.3 Å². The average Bonchev–Trinajstić information content (AvgIpc) is 2.95. The molecular weight excluding hydrogens is 299 g/mol. The number of alkyl halides is 3.